The summed E-state index contributed by atoms with van der Waals surface area (Å²) < 4.78 is 1.77. The van der Waals surface area contributed by atoms with Crippen LogP contribution >= 0.6 is 11.6 Å². The van der Waals surface area contributed by atoms with E-state index in [1.54, 1.807) is 17.1 Å². The van der Waals surface area contributed by atoms with Gasteiger partial charge in [-0.2, -0.15) is 5.10 Å². The van der Waals surface area contributed by atoms with Gasteiger partial charge in [0.2, 0.25) is 0 Å². The number of rotatable bonds is 1. The van der Waals surface area contributed by atoms with Crippen LogP contribution in [0.4, 0.5) is 0 Å². The third-order valence-corrected chi connectivity index (χ3v) is 2.96. The van der Waals surface area contributed by atoms with E-state index in [0.717, 1.165) is 19.3 Å². The molecule has 1 N–H and O–H groups in total. The minimum absolute atomic E-state index is 0.0833. The Morgan fingerprint density at radius 3 is 3.00 bits per heavy atom. The van der Waals surface area contributed by atoms with Crippen molar-refractivity contribution in [2.75, 3.05) is 0 Å². The molecule has 1 aliphatic rings. The van der Waals surface area contributed by atoms with Crippen LogP contribution in [-0.2, 0) is 0 Å². The van der Waals surface area contributed by atoms with E-state index in [1.165, 1.54) is 0 Å². The predicted octanol–water partition coefficient (Wildman–Crippen LogP) is 2.01. The molecular formula is C9H13ClN2O. The summed E-state index contributed by atoms with van der Waals surface area (Å²) >= 11 is 5.77. The van der Waals surface area contributed by atoms with Gasteiger partial charge in [-0.25, -0.2) is 0 Å². The number of hydrogen-bond donors (Lipinski definition) is 1. The van der Waals surface area contributed by atoms with Crippen molar-refractivity contribution in [3.8, 4) is 0 Å². The minimum atomic E-state index is -0.630. The number of hydrogen-bond acceptors (Lipinski definition) is 2. The van der Waals surface area contributed by atoms with Crippen LogP contribution in [0.3, 0.4) is 0 Å². The second-order valence-corrected chi connectivity index (χ2v) is 4.34. The van der Waals surface area contributed by atoms with Gasteiger partial charge in [0.25, 0.3) is 0 Å². The lowest BCUT2D eigenvalue weighted by atomic mass is 10.0. The van der Waals surface area contributed by atoms with Crippen LogP contribution in [-0.4, -0.2) is 20.5 Å². The molecule has 0 spiro atoms. The van der Waals surface area contributed by atoms with E-state index in [4.69, 9.17) is 11.6 Å². The molecule has 0 amide bonds. The van der Waals surface area contributed by atoms with Crippen molar-refractivity contribution in [1.82, 2.24) is 9.78 Å². The van der Waals surface area contributed by atoms with Gasteiger partial charge in [0.1, 0.15) is 0 Å². The molecule has 0 radical (unpaired) electrons. The highest BCUT2D eigenvalue weighted by atomic mass is 35.5. The first-order valence-corrected chi connectivity index (χ1v) is 4.89. The van der Waals surface area contributed by atoms with Gasteiger partial charge in [-0.1, -0.05) is 11.6 Å². The maximum absolute atomic E-state index is 10.0. The quantitative estimate of drug-likeness (QED) is 0.753. The van der Waals surface area contributed by atoms with E-state index in [2.05, 4.69) is 5.10 Å². The van der Waals surface area contributed by atoms with E-state index < -0.39 is 5.60 Å². The Bertz CT molecular complexity index is 308. The van der Waals surface area contributed by atoms with Crippen molar-refractivity contribution in [1.29, 1.82) is 0 Å². The molecule has 2 atom stereocenters. The maximum atomic E-state index is 10.0. The molecule has 72 valence electrons. The van der Waals surface area contributed by atoms with Gasteiger partial charge in [0.15, 0.2) is 0 Å². The highest BCUT2D eigenvalue weighted by Gasteiger charge is 2.38. The number of aromatic nitrogens is 2. The Morgan fingerprint density at radius 1 is 1.77 bits per heavy atom. The largest absolute Gasteiger partial charge is 0.388 e. The second kappa shape index (κ2) is 3.00. The summed E-state index contributed by atoms with van der Waals surface area (Å²) in [6, 6.07) is 0.0833. The molecule has 2 unspecified atom stereocenters. The van der Waals surface area contributed by atoms with Crippen LogP contribution < -0.4 is 0 Å². The fourth-order valence-corrected chi connectivity index (χ4v) is 2.18. The van der Waals surface area contributed by atoms with Gasteiger partial charge >= 0.3 is 0 Å². The van der Waals surface area contributed by atoms with Crippen LogP contribution in [0, 0.1) is 0 Å². The third-order valence-electron chi connectivity index (χ3n) is 2.77. The first-order chi connectivity index (χ1) is 6.09. The first-order valence-electron chi connectivity index (χ1n) is 4.52. The Hall–Kier alpha value is -0.540. The summed E-state index contributed by atoms with van der Waals surface area (Å²) in [7, 11) is 0. The van der Waals surface area contributed by atoms with Crippen LogP contribution in [0.15, 0.2) is 12.4 Å². The van der Waals surface area contributed by atoms with Gasteiger partial charge in [-0.15, -0.1) is 0 Å². The maximum Gasteiger partial charge on any atom is 0.0842 e. The highest BCUT2D eigenvalue weighted by molar-refractivity contribution is 6.30. The summed E-state index contributed by atoms with van der Waals surface area (Å²) in [5.74, 6) is 0. The Morgan fingerprint density at radius 2 is 2.54 bits per heavy atom. The summed E-state index contributed by atoms with van der Waals surface area (Å²) in [6.07, 6.45) is 6.25. The molecule has 0 bridgehead atoms. The topological polar surface area (TPSA) is 38.0 Å². The van der Waals surface area contributed by atoms with E-state index in [1.807, 2.05) is 6.92 Å². The molecule has 1 fully saturated rings. The van der Waals surface area contributed by atoms with Crippen LogP contribution in [0.25, 0.3) is 0 Å². The molecule has 4 heteroatoms. The zero-order chi connectivity index (χ0) is 9.47. The molecule has 0 aliphatic heterocycles. The van der Waals surface area contributed by atoms with Crippen molar-refractivity contribution >= 4 is 11.6 Å². The standard InChI is InChI=1S/C9H13ClN2O/c1-9(13)4-2-3-8(9)12-6-7(10)5-11-12/h5-6,8,13H,2-4H2,1H3. The molecule has 1 heterocycles. The molecule has 1 saturated carbocycles. The molecule has 0 aromatic carbocycles. The van der Waals surface area contributed by atoms with Crippen LogP contribution in [0.5, 0.6) is 0 Å². The van der Waals surface area contributed by atoms with Crippen LogP contribution in [0.2, 0.25) is 5.02 Å². The lowest BCUT2D eigenvalue weighted by Crippen LogP contribution is -2.31. The van der Waals surface area contributed by atoms with Crippen molar-refractivity contribution < 1.29 is 5.11 Å². The van der Waals surface area contributed by atoms with Crippen molar-refractivity contribution in [3.63, 3.8) is 0 Å². The average Bonchev–Trinajstić information content (AvgIpc) is 2.56. The lowest BCUT2D eigenvalue weighted by Gasteiger charge is -2.25. The summed E-state index contributed by atoms with van der Waals surface area (Å²) in [6.45, 7) is 1.86. The van der Waals surface area contributed by atoms with E-state index in [0.29, 0.717) is 5.02 Å². The van der Waals surface area contributed by atoms with Crippen molar-refractivity contribution in [2.24, 2.45) is 0 Å². The van der Waals surface area contributed by atoms with Crippen LogP contribution in [0.1, 0.15) is 32.2 Å². The molecule has 1 aliphatic carbocycles. The second-order valence-electron chi connectivity index (χ2n) is 3.90. The van der Waals surface area contributed by atoms with E-state index in [9.17, 15) is 5.11 Å². The fraction of sp³-hybridized carbons (Fsp3) is 0.667. The number of aliphatic hydroxyl groups is 1. The Balaban J connectivity index is 2.26. The number of halogens is 1. The zero-order valence-corrected chi connectivity index (χ0v) is 8.33. The molecule has 1 aromatic rings. The summed E-state index contributed by atoms with van der Waals surface area (Å²) in [5.41, 5.74) is -0.630. The molecular weight excluding hydrogens is 188 g/mol. The summed E-state index contributed by atoms with van der Waals surface area (Å²) in [4.78, 5) is 0. The van der Waals surface area contributed by atoms with Gasteiger partial charge < -0.3 is 5.11 Å². The van der Waals surface area contributed by atoms with Gasteiger partial charge in [-0.05, 0) is 26.2 Å². The molecule has 1 aromatic heterocycles. The van der Waals surface area contributed by atoms with Gasteiger partial charge in [-0.3, -0.25) is 4.68 Å². The zero-order valence-electron chi connectivity index (χ0n) is 7.57. The normalized spacial score (nSPS) is 33.9. The first kappa shape index (κ1) is 9.03. The fourth-order valence-electron chi connectivity index (χ4n) is 2.03. The highest BCUT2D eigenvalue weighted by Crippen LogP contribution is 2.38. The van der Waals surface area contributed by atoms with Gasteiger partial charge in [0, 0.05) is 6.20 Å². The predicted molar refractivity (Wildman–Crippen MR) is 50.7 cm³/mol. The molecule has 13 heavy (non-hydrogen) atoms. The number of nitrogens with zero attached hydrogens (tertiary/aromatic N) is 2. The molecule has 2 rings (SSSR count). The monoisotopic (exact) mass is 200 g/mol. The molecule has 0 saturated heterocycles. The third kappa shape index (κ3) is 1.58. The smallest absolute Gasteiger partial charge is 0.0842 e. The minimum Gasteiger partial charge on any atom is -0.388 e. The summed E-state index contributed by atoms with van der Waals surface area (Å²) in [5, 5.41) is 14.8. The van der Waals surface area contributed by atoms with E-state index in [-0.39, 0.29) is 6.04 Å². The Labute approximate surface area is 82.3 Å². The van der Waals surface area contributed by atoms with E-state index >= 15 is 0 Å². The lowest BCUT2D eigenvalue weighted by molar-refractivity contribution is 0.0222. The van der Waals surface area contributed by atoms with Crippen molar-refractivity contribution in [2.45, 2.75) is 37.8 Å². The average molecular weight is 201 g/mol. The molecule has 3 nitrogen and oxygen atoms in total. The van der Waals surface area contributed by atoms with Crippen molar-refractivity contribution in [3.05, 3.63) is 17.4 Å². The van der Waals surface area contributed by atoms with Gasteiger partial charge in [0.05, 0.1) is 22.9 Å². The SMILES string of the molecule is CC1(O)CCCC1n1cc(Cl)cn1. The Kier molecular flexibility index (Phi) is 2.08.